The van der Waals surface area contributed by atoms with E-state index in [4.69, 9.17) is 26.1 Å². The van der Waals surface area contributed by atoms with Gasteiger partial charge < -0.3 is 14.0 Å². The summed E-state index contributed by atoms with van der Waals surface area (Å²) in [5, 5.41) is 9.76. The number of methoxy groups -OCH3 is 2. The van der Waals surface area contributed by atoms with Crippen molar-refractivity contribution >= 4 is 28.8 Å². The van der Waals surface area contributed by atoms with Crippen LogP contribution >= 0.6 is 22.9 Å². The lowest BCUT2D eigenvalue weighted by molar-refractivity contribution is 0.186. The Balaban J connectivity index is 2.07. The third-order valence-electron chi connectivity index (χ3n) is 5.04. The summed E-state index contributed by atoms with van der Waals surface area (Å²) in [5.74, 6) is 1.43. The summed E-state index contributed by atoms with van der Waals surface area (Å²) >= 11 is 7.83. The quantitative estimate of drug-likeness (QED) is 0.376. The molecule has 154 valence electrons. The van der Waals surface area contributed by atoms with Crippen LogP contribution in [0.5, 0.6) is 5.75 Å². The smallest absolute Gasteiger partial charge is 0.207 e. The first-order chi connectivity index (χ1) is 14.2. The van der Waals surface area contributed by atoms with Gasteiger partial charge in [-0.3, -0.25) is 0 Å². The second-order valence-electron chi connectivity index (χ2n) is 6.93. The van der Waals surface area contributed by atoms with Gasteiger partial charge in [0.05, 0.1) is 19.3 Å². The zero-order valence-electron chi connectivity index (χ0n) is 16.7. The molecule has 0 atom stereocenters. The van der Waals surface area contributed by atoms with Gasteiger partial charge in [-0.25, -0.2) is 0 Å². The van der Waals surface area contributed by atoms with Crippen molar-refractivity contribution < 1.29 is 9.47 Å². The summed E-state index contributed by atoms with van der Waals surface area (Å²) in [6.45, 7) is 1.27. The molecule has 0 unspecified atom stereocenters. The summed E-state index contributed by atoms with van der Waals surface area (Å²) in [7, 11) is 3.26. The lowest BCUT2D eigenvalue weighted by atomic mass is 9.88. The van der Waals surface area contributed by atoms with E-state index in [0.29, 0.717) is 35.4 Å². The van der Waals surface area contributed by atoms with Crippen molar-refractivity contribution in [1.82, 2.24) is 4.57 Å². The summed E-state index contributed by atoms with van der Waals surface area (Å²) in [5.41, 5.74) is 0.590. The number of rotatable bonds is 6. The highest BCUT2D eigenvalue weighted by Crippen LogP contribution is 2.34. The molecule has 3 rings (SSSR count). The Morgan fingerprint density at radius 1 is 1.31 bits per heavy atom. The fraction of sp³-hybridized carbons (Fsp3) is 0.476. The number of benzene rings is 1. The Kier molecular flexibility index (Phi) is 7.87. The van der Waals surface area contributed by atoms with Gasteiger partial charge in [0.1, 0.15) is 5.75 Å². The highest BCUT2D eigenvalue weighted by atomic mass is 35.5. The van der Waals surface area contributed by atoms with Crippen molar-refractivity contribution in [2.75, 3.05) is 20.8 Å². The molecular formula is C21H25ClN4O2S. The van der Waals surface area contributed by atoms with Crippen LogP contribution in [0.4, 0.5) is 0 Å². The van der Waals surface area contributed by atoms with Gasteiger partial charge >= 0.3 is 0 Å². The van der Waals surface area contributed by atoms with Gasteiger partial charge in [-0.1, -0.05) is 30.9 Å². The molecule has 6 nitrogen and oxygen atoms in total. The number of halogens is 1. The first kappa shape index (κ1) is 21.6. The van der Waals surface area contributed by atoms with E-state index in [9.17, 15) is 5.26 Å². The van der Waals surface area contributed by atoms with E-state index in [0.717, 1.165) is 4.80 Å². The van der Waals surface area contributed by atoms with E-state index in [1.54, 1.807) is 43.8 Å². The van der Waals surface area contributed by atoms with Gasteiger partial charge in [0.15, 0.2) is 10.6 Å². The number of thiazole rings is 1. The maximum atomic E-state index is 9.23. The fourth-order valence-corrected chi connectivity index (χ4v) is 4.91. The van der Waals surface area contributed by atoms with Crippen LogP contribution in [-0.4, -0.2) is 31.2 Å². The average molecular weight is 433 g/mol. The minimum atomic E-state index is 0.287. The number of aromatic nitrogens is 1. The van der Waals surface area contributed by atoms with Crippen LogP contribution in [0.2, 0.25) is 5.02 Å². The van der Waals surface area contributed by atoms with Gasteiger partial charge in [-0.15, -0.1) is 11.3 Å². The Morgan fingerprint density at radius 2 is 2.10 bits per heavy atom. The van der Waals surface area contributed by atoms with E-state index in [1.165, 1.54) is 37.0 Å². The van der Waals surface area contributed by atoms with Gasteiger partial charge in [0.2, 0.25) is 6.19 Å². The molecule has 1 aromatic carbocycles. The lowest BCUT2D eigenvalue weighted by Crippen LogP contribution is -2.19. The van der Waals surface area contributed by atoms with Crippen LogP contribution in [0.15, 0.2) is 34.4 Å². The molecule has 1 aliphatic rings. The number of hydrogen-bond acceptors (Lipinski definition) is 5. The summed E-state index contributed by atoms with van der Waals surface area (Å²) < 4.78 is 12.8. The van der Waals surface area contributed by atoms with Crippen LogP contribution in [0, 0.1) is 11.5 Å². The Hall–Kier alpha value is -2.14. The number of nitrogens with zero attached hydrogens (tertiary/aromatic N) is 4. The molecule has 0 aliphatic heterocycles. The molecule has 1 heterocycles. The largest absolute Gasteiger partial charge is 0.496 e. The van der Waals surface area contributed by atoms with Crippen LogP contribution in [-0.2, 0) is 11.3 Å². The Morgan fingerprint density at radius 3 is 2.79 bits per heavy atom. The molecule has 29 heavy (non-hydrogen) atoms. The van der Waals surface area contributed by atoms with Gasteiger partial charge in [0, 0.05) is 29.8 Å². The summed E-state index contributed by atoms with van der Waals surface area (Å²) in [6, 6.07) is 5.20. The zero-order valence-corrected chi connectivity index (χ0v) is 18.3. The lowest BCUT2D eigenvalue weighted by Gasteiger charge is -2.19. The second kappa shape index (κ2) is 10.6. The van der Waals surface area contributed by atoms with Crippen LogP contribution in [0.3, 0.4) is 0 Å². The van der Waals surface area contributed by atoms with E-state index in [1.807, 2.05) is 6.19 Å². The number of amidine groups is 1. The van der Waals surface area contributed by atoms with Crippen molar-refractivity contribution in [2.24, 2.45) is 9.98 Å². The predicted molar refractivity (Wildman–Crippen MR) is 116 cm³/mol. The number of nitriles is 1. The highest BCUT2D eigenvalue weighted by molar-refractivity contribution is 7.09. The van der Waals surface area contributed by atoms with Crippen molar-refractivity contribution in [3.63, 3.8) is 0 Å². The molecule has 1 fully saturated rings. The summed E-state index contributed by atoms with van der Waals surface area (Å²) in [6.07, 6.45) is 10.3. The molecule has 1 aromatic heterocycles. The molecule has 0 bridgehead atoms. The van der Waals surface area contributed by atoms with E-state index >= 15 is 0 Å². The number of aliphatic imine (C=N–C) groups is 1. The molecule has 1 saturated carbocycles. The summed E-state index contributed by atoms with van der Waals surface area (Å²) in [4.78, 5) is 10.8. The number of ether oxygens (including phenoxy) is 2. The van der Waals surface area contributed by atoms with E-state index < -0.39 is 0 Å². The molecule has 0 N–H and O–H groups in total. The van der Waals surface area contributed by atoms with Crippen LogP contribution < -0.4 is 9.54 Å². The first-order valence-electron chi connectivity index (χ1n) is 9.70. The molecule has 8 heteroatoms. The van der Waals surface area contributed by atoms with E-state index in [-0.39, 0.29) is 5.84 Å². The third kappa shape index (κ3) is 5.47. The third-order valence-corrected chi connectivity index (χ3v) is 6.46. The van der Waals surface area contributed by atoms with Crippen molar-refractivity contribution in [3.05, 3.63) is 44.7 Å². The maximum absolute atomic E-state index is 9.23. The average Bonchev–Trinajstić information content (AvgIpc) is 3.15. The first-order valence-corrected chi connectivity index (χ1v) is 10.9. The Bertz CT molecular complexity index is 968. The molecule has 2 aromatic rings. The van der Waals surface area contributed by atoms with E-state index in [2.05, 4.69) is 15.8 Å². The van der Waals surface area contributed by atoms with Crippen LogP contribution in [0.25, 0.3) is 0 Å². The van der Waals surface area contributed by atoms with Gasteiger partial charge in [-0.05, 0) is 37.0 Å². The van der Waals surface area contributed by atoms with Crippen molar-refractivity contribution in [1.29, 1.82) is 5.26 Å². The molecule has 0 radical (unpaired) electrons. The standard InChI is InChI=1S/C21H25ClN4O2S/c1-27-11-10-26-13-19(15-6-4-3-5-7-15)29-21(26)25-20(24-14-23)17-12-16(22)8-9-18(17)28-2/h8-9,12-13,15H,3-7,10-11H2,1-2H3/b24-20?,25-21-. The fourth-order valence-electron chi connectivity index (χ4n) is 3.55. The van der Waals surface area contributed by atoms with Crippen molar-refractivity contribution in [3.8, 4) is 11.9 Å². The monoisotopic (exact) mass is 432 g/mol. The molecule has 0 saturated heterocycles. The predicted octanol–water partition coefficient (Wildman–Crippen LogP) is 4.73. The normalized spacial score (nSPS) is 16.1. The molecule has 1 aliphatic carbocycles. The molecular weight excluding hydrogens is 408 g/mol. The topological polar surface area (TPSA) is 71.9 Å². The molecule has 0 amide bonds. The maximum Gasteiger partial charge on any atom is 0.207 e. The van der Waals surface area contributed by atoms with Crippen molar-refractivity contribution in [2.45, 2.75) is 44.6 Å². The highest BCUT2D eigenvalue weighted by Gasteiger charge is 2.19. The zero-order chi connectivity index (χ0) is 20.6. The second-order valence-corrected chi connectivity index (χ2v) is 8.41. The Labute approximate surface area is 180 Å². The van der Waals surface area contributed by atoms with Gasteiger partial charge in [-0.2, -0.15) is 15.2 Å². The SMILES string of the molecule is COCCn1cc(C2CCCCC2)s/c1=N\C(=NC#N)c1cc(Cl)ccc1OC. The minimum absolute atomic E-state index is 0.287. The minimum Gasteiger partial charge on any atom is -0.496 e. The molecule has 0 spiro atoms. The van der Waals surface area contributed by atoms with Crippen LogP contribution in [0.1, 0.15) is 48.5 Å². The van der Waals surface area contributed by atoms with Gasteiger partial charge in [0.25, 0.3) is 0 Å². The number of hydrogen-bond donors (Lipinski definition) is 0.